The fraction of sp³-hybridized carbons (Fsp3) is 0.417. The van der Waals surface area contributed by atoms with Gasteiger partial charge >= 0.3 is 0 Å². The van der Waals surface area contributed by atoms with Crippen molar-refractivity contribution in [3.63, 3.8) is 0 Å². The smallest absolute Gasteiger partial charge is 0.165 e. The number of rotatable bonds is 2. The minimum atomic E-state index is -0.306. The maximum absolute atomic E-state index is 13.5. The molecule has 0 atom stereocenters. The first kappa shape index (κ1) is 10.1. The lowest BCUT2D eigenvalue weighted by Gasteiger charge is -2.17. The summed E-state index contributed by atoms with van der Waals surface area (Å²) >= 11 is 0. The molecule has 15 heavy (non-hydrogen) atoms. The van der Waals surface area contributed by atoms with Crippen LogP contribution < -0.4 is 4.74 Å². The molecule has 0 unspecified atom stereocenters. The van der Waals surface area contributed by atoms with Gasteiger partial charge in [0.05, 0.1) is 7.11 Å². The van der Waals surface area contributed by atoms with Crippen molar-refractivity contribution in [2.75, 3.05) is 13.7 Å². The molecule has 1 aromatic carbocycles. The molecule has 0 amide bonds. The van der Waals surface area contributed by atoms with Gasteiger partial charge in [0.15, 0.2) is 11.6 Å². The zero-order valence-corrected chi connectivity index (χ0v) is 9.01. The Kier molecular flexibility index (Phi) is 2.71. The molecule has 0 aliphatic carbocycles. The summed E-state index contributed by atoms with van der Waals surface area (Å²) in [5.74, 6) is 0.0189. The van der Waals surface area contributed by atoms with Crippen LogP contribution in [0.2, 0.25) is 0 Å². The van der Waals surface area contributed by atoms with E-state index in [1.165, 1.54) is 13.2 Å². The lowest BCUT2D eigenvalue weighted by Crippen LogP contribution is -2.13. The highest BCUT2D eigenvalue weighted by Crippen LogP contribution is 2.26. The monoisotopic (exact) mass is 207 g/mol. The van der Waals surface area contributed by atoms with Crippen LogP contribution >= 0.6 is 0 Å². The van der Waals surface area contributed by atoms with Crippen molar-refractivity contribution in [1.82, 2.24) is 0 Å². The average molecular weight is 207 g/mol. The second-order valence-electron chi connectivity index (χ2n) is 3.58. The quantitative estimate of drug-likeness (QED) is 0.730. The van der Waals surface area contributed by atoms with Crippen LogP contribution in [0.15, 0.2) is 17.1 Å². The highest BCUT2D eigenvalue weighted by atomic mass is 19.1. The summed E-state index contributed by atoms with van der Waals surface area (Å²) < 4.78 is 18.5. The van der Waals surface area contributed by atoms with Gasteiger partial charge in [0.25, 0.3) is 0 Å². The highest BCUT2D eigenvalue weighted by Gasteiger charge is 2.16. The van der Waals surface area contributed by atoms with Gasteiger partial charge in [0, 0.05) is 17.8 Å². The van der Waals surface area contributed by atoms with Gasteiger partial charge in [-0.25, -0.2) is 4.39 Å². The Hall–Kier alpha value is -1.38. The van der Waals surface area contributed by atoms with E-state index in [0.717, 1.165) is 36.2 Å². The van der Waals surface area contributed by atoms with Gasteiger partial charge in [-0.3, -0.25) is 4.99 Å². The van der Waals surface area contributed by atoms with Gasteiger partial charge in [0.1, 0.15) is 0 Å². The Balaban J connectivity index is 2.52. The summed E-state index contributed by atoms with van der Waals surface area (Å²) in [4.78, 5) is 4.40. The van der Waals surface area contributed by atoms with Crippen LogP contribution in [0.4, 0.5) is 4.39 Å². The molecule has 80 valence electrons. The van der Waals surface area contributed by atoms with Crippen LogP contribution in [0.5, 0.6) is 5.75 Å². The van der Waals surface area contributed by atoms with Crippen LogP contribution in [0.25, 0.3) is 0 Å². The maximum atomic E-state index is 13.5. The first-order chi connectivity index (χ1) is 7.26. The van der Waals surface area contributed by atoms with Crippen molar-refractivity contribution in [3.05, 3.63) is 29.1 Å². The molecule has 1 aliphatic heterocycles. The molecule has 0 bridgehead atoms. The lowest BCUT2D eigenvalue weighted by molar-refractivity contribution is 0.386. The molecule has 0 N–H and O–H groups in total. The van der Waals surface area contributed by atoms with E-state index in [0.29, 0.717) is 5.75 Å². The van der Waals surface area contributed by atoms with Gasteiger partial charge in [0.2, 0.25) is 0 Å². The summed E-state index contributed by atoms with van der Waals surface area (Å²) in [6.07, 6.45) is 1.72. The van der Waals surface area contributed by atoms with Crippen LogP contribution in [0.3, 0.4) is 0 Å². The number of methoxy groups -OCH3 is 1. The minimum Gasteiger partial charge on any atom is -0.494 e. The van der Waals surface area contributed by atoms with Crippen molar-refractivity contribution < 1.29 is 9.13 Å². The molecule has 3 heteroatoms. The number of ether oxygens (including phenoxy) is 1. The first-order valence-electron chi connectivity index (χ1n) is 5.16. The molecule has 2 rings (SSSR count). The van der Waals surface area contributed by atoms with Crippen molar-refractivity contribution in [2.45, 2.75) is 19.8 Å². The zero-order chi connectivity index (χ0) is 10.8. The SMILES string of the molecule is CCC1=NCCc2cc(OC)c(F)cc21. The largest absolute Gasteiger partial charge is 0.494 e. The van der Waals surface area contributed by atoms with Crippen molar-refractivity contribution in [3.8, 4) is 5.75 Å². The average Bonchev–Trinajstić information content (AvgIpc) is 2.27. The highest BCUT2D eigenvalue weighted by molar-refractivity contribution is 6.02. The number of benzene rings is 1. The van der Waals surface area contributed by atoms with E-state index in [2.05, 4.69) is 4.99 Å². The molecule has 0 radical (unpaired) electrons. The Morgan fingerprint density at radius 1 is 1.47 bits per heavy atom. The summed E-state index contributed by atoms with van der Waals surface area (Å²) in [6.45, 7) is 2.83. The maximum Gasteiger partial charge on any atom is 0.165 e. The number of hydrogen-bond donors (Lipinski definition) is 0. The second kappa shape index (κ2) is 4.01. The Morgan fingerprint density at radius 3 is 2.93 bits per heavy atom. The van der Waals surface area contributed by atoms with Crippen molar-refractivity contribution in [2.24, 2.45) is 4.99 Å². The normalized spacial score (nSPS) is 14.5. The van der Waals surface area contributed by atoms with Crippen LogP contribution in [0, 0.1) is 5.82 Å². The van der Waals surface area contributed by atoms with Gasteiger partial charge in [-0.15, -0.1) is 0 Å². The standard InChI is InChI=1S/C12H14FNO/c1-3-11-9-7-10(13)12(15-2)6-8(9)4-5-14-11/h6-7H,3-5H2,1-2H3. The summed E-state index contributed by atoms with van der Waals surface area (Å²) in [6, 6.07) is 3.32. The Labute approximate surface area is 88.8 Å². The topological polar surface area (TPSA) is 21.6 Å². The number of halogens is 1. The van der Waals surface area contributed by atoms with E-state index in [-0.39, 0.29) is 5.82 Å². The number of hydrogen-bond acceptors (Lipinski definition) is 2. The van der Waals surface area contributed by atoms with Gasteiger partial charge in [-0.05, 0) is 30.5 Å². The third kappa shape index (κ3) is 1.74. The van der Waals surface area contributed by atoms with Crippen LogP contribution in [0.1, 0.15) is 24.5 Å². The minimum absolute atomic E-state index is 0.306. The molecule has 1 aromatic rings. The predicted molar refractivity (Wildman–Crippen MR) is 58.4 cm³/mol. The molecule has 1 heterocycles. The zero-order valence-electron chi connectivity index (χ0n) is 9.01. The van der Waals surface area contributed by atoms with E-state index in [9.17, 15) is 4.39 Å². The third-order valence-corrected chi connectivity index (χ3v) is 2.71. The number of fused-ring (bicyclic) bond motifs is 1. The molecule has 2 nitrogen and oxygen atoms in total. The molecule has 1 aliphatic rings. The Morgan fingerprint density at radius 2 is 2.27 bits per heavy atom. The first-order valence-corrected chi connectivity index (χ1v) is 5.16. The van der Waals surface area contributed by atoms with E-state index in [1.54, 1.807) is 6.07 Å². The lowest BCUT2D eigenvalue weighted by atomic mass is 9.96. The predicted octanol–water partition coefficient (Wildman–Crippen LogP) is 2.59. The van der Waals surface area contributed by atoms with Gasteiger partial charge in [-0.1, -0.05) is 6.92 Å². The molecule has 0 fully saturated rings. The van der Waals surface area contributed by atoms with E-state index < -0.39 is 0 Å². The molecule has 0 spiro atoms. The van der Waals surface area contributed by atoms with Gasteiger partial charge < -0.3 is 4.74 Å². The van der Waals surface area contributed by atoms with Gasteiger partial charge in [-0.2, -0.15) is 0 Å². The fourth-order valence-electron chi connectivity index (χ4n) is 1.93. The third-order valence-electron chi connectivity index (χ3n) is 2.71. The summed E-state index contributed by atoms with van der Waals surface area (Å²) in [5.41, 5.74) is 3.08. The van der Waals surface area contributed by atoms with E-state index in [4.69, 9.17) is 4.74 Å². The molecule has 0 aromatic heterocycles. The number of aliphatic imine (C=N–C) groups is 1. The molecule has 0 saturated heterocycles. The number of nitrogens with zero attached hydrogens (tertiary/aromatic N) is 1. The van der Waals surface area contributed by atoms with Crippen LogP contribution in [-0.2, 0) is 6.42 Å². The van der Waals surface area contributed by atoms with Crippen LogP contribution in [-0.4, -0.2) is 19.4 Å². The molecule has 0 saturated carbocycles. The second-order valence-corrected chi connectivity index (χ2v) is 3.58. The summed E-state index contributed by atoms with van der Waals surface area (Å²) in [7, 11) is 1.49. The van der Waals surface area contributed by atoms with E-state index >= 15 is 0 Å². The van der Waals surface area contributed by atoms with E-state index in [1.807, 2.05) is 6.92 Å². The van der Waals surface area contributed by atoms with Crippen molar-refractivity contribution in [1.29, 1.82) is 0 Å². The Bertz CT molecular complexity index is 412. The summed E-state index contributed by atoms with van der Waals surface area (Å²) in [5, 5.41) is 0. The molecular formula is C12H14FNO. The fourth-order valence-corrected chi connectivity index (χ4v) is 1.93. The van der Waals surface area contributed by atoms with Crippen molar-refractivity contribution >= 4 is 5.71 Å². The molecular weight excluding hydrogens is 193 g/mol.